The molecule has 60 heavy (non-hydrogen) atoms. The van der Waals surface area contributed by atoms with Crippen molar-refractivity contribution in [3.63, 3.8) is 0 Å². The van der Waals surface area contributed by atoms with Gasteiger partial charge in [0.2, 0.25) is 0 Å². The second kappa shape index (κ2) is 22.9. The third-order valence-electron chi connectivity index (χ3n) is 11.5. The molecule has 3 saturated heterocycles. The lowest BCUT2D eigenvalue weighted by Crippen LogP contribution is -2.64. The van der Waals surface area contributed by atoms with E-state index in [1.165, 1.54) is 0 Å². The van der Waals surface area contributed by atoms with Crippen LogP contribution >= 0.6 is 0 Å². The van der Waals surface area contributed by atoms with Crippen molar-refractivity contribution in [2.75, 3.05) is 26.9 Å². The Hall–Kier alpha value is -3.76. The number of ether oxygens (including phenoxy) is 10. The third-order valence-corrected chi connectivity index (χ3v) is 11.5. The summed E-state index contributed by atoms with van der Waals surface area (Å²) in [4.78, 5) is 3.18. The molecule has 0 saturated carbocycles. The van der Waals surface area contributed by atoms with E-state index in [9.17, 15) is 5.53 Å². The first-order valence-corrected chi connectivity index (χ1v) is 21.1. The minimum absolute atomic E-state index is 0.200. The molecule has 9 unspecified atom stereocenters. The van der Waals surface area contributed by atoms with E-state index < -0.39 is 61.3 Å². The van der Waals surface area contributed by atoms with Gasteiger partial charge in [0.05, 0.1) is 69.6 Å². The van der Waals surface area contributed by atoms with Crippen LogP contribution in [0.5, 0.6) is 0 Å². The lowest BCUT2D eigenvalue weighted by atomic mass is 9.84. The predicted molar refractivity (Wildman–Crippen MR) is 224 cm³/mol. The van der Waals surface area contributed by atoms with E-state index in [4.69, 9.17) is 52.8 Å². The Morgan fingerprint density at radius 2 is 1.32 bits per heavy atom. The van der Waals surface area contributed by atoms with Gasteiger partial charge in [-0.15, -0.1) is 0 Å². The van der Waals surface area contributed by atoms with Crippen molar-refractivity contribution in [1.82, 2.24) is 0 Å². The number of azide groups is 1. The minimum Gasteiger partial charge on any atom is -0.374 e. The third kappa shape index (κ3) is 12.0. The van der Waals surface area contributed by atoms with Gasteiger partial charge in [-0.1, -0.05) is 110 Å². The Kier molecular flexibility index (Phi) is 17.5. The van der Waals surface area contributed by atoms with Crippen LogP contribution in [0.3, 0.4) is 0 Å². The molecule has 1 N–H and O–H groups in total. The van der Waals surface area contributed by atoms with Crippen molar-refractivity contribution < 1.29 is 47.4 Å². The molecule has 3 aromatic rings. The molecule has 0 aliphatic carbocycles. The molecule has 3 aliphatic heterocycles. The number of nitrogens with zero attached hydrogens (tertiary/aromatic N) is 3. The Bertz CT molecular complexity index is 1770. The van der Waals surface area contributed by atoms with Gasteiger partial charge < -0.3 is 52.8 Å². The van der Waals surface area contributed by atoms with E-state index in [-0.39, 0.29) is 37.3 Å². The molecule has 326 valence electrons. The molecule has 0 bridgehead atoms. The highest BCUT2D eigenvalue weighted by molar-refractivity contribution is 5.79. The van der Waals surface area contributed by atoms with Crippen molar-refractivity contribution in [2.45, 2.75) is 134 Å². The quantitative estimate of drug-likeness (QED) is 0.0514. The fourth-order valence-electron chi connectivity index (χ4n) is 8.42. The maximum atomic E-state index is 9.64. The van der Waals surface area contributed by atoms with E-state index in [1.807, 2.05) is 112 Å². The van der Waals surface area contributed by atoms with Gasteiger partial charge in [0.15, 0.2) is 12.6 Å². The van der Waals surface area contributed by atoms with Crippen LogP contribution in [0.15, 0.2) is 96.1 Å². The second-order valence-corrected chi connectivity index (χ2v) is 15.9. The van der Waals surface area contributed by atoms with Crippen molar-refractivity contribution >= 4 is 5.71 Å². The summed E-state index contributed by atoms with van der Waals surface area (Å²) in [7, 11) is 1.59. The van der Waals surface area contributed by atoms with Gasteiger partial charge in [-0.3, -0.25) is 0 Å². The zero-order chi connectivity index (χ0) is 42.4. The highest BCUT2D eigenvalue weighted by Gasteiger charge is 2.53. The summed E-state index contributed by atoms with van der Waals surface area (Å²) in [6, 6.07) is 29.4. The highest BCUT2D eigenvalue weighted by Crippen LogP contribution is 2.38. The first-order chi connectivity index (χ1) is 29.2. The van der Waals surface area contributed by atoms with Crippen molar-refractivity contribution in [2.24, 2.45) is 17.0 Å². The van der Waals surface area contributed by atoms with Crippen LogP contribution in [0.4, 0.5) is 0 Å². The number of benzene rings is 3. The van der Waals surface area contributed by atoms with Gasteiger partial charge in [-0.25, -0.2) is 0 Å². The van der Waals surface area contributed by atoms with Gasteiger partial charge in [0.1, 0.15) is 24.4 Å². The molecule has 0 spiro atoms. The topological polar surface area (TPSA) is 165 Å². The average molecular weight is 831 g/mol. The van der Waals surface area contributed by atoms with Gasteiger partial charge >= 0.3 is 0 Å². The summed E-state index contributed by atoms with van der Waals surface area (Å²) in [6.07, 6.45) is -6.17. The van der Waals surface area contributed by atoms with Gasteiger partial charge in [-0.05, 0) is 48.9 Å². The molecule has 3 aromatic carbocycles. The van der Waals surface area contributed by atoms with E-state index in [0.29, 0.717) is 38.6 Å². The van der Waals surface area contributed by atoms with E-state index >= 15 is 0 Å². The molecule has 3 heterocycles. The monoisotopic (exact) mass is 830 g/mol. The first kappa shape index (κ1) is 45.8. The van der Waals surface area contributed by atoms with Crippen LogP contribution < -0.4 is 0 Å². The van der Waals surface area contributed by atoms with Gasteiger partial charge in [0, 0.05) is 36.7 Å². The van der Waals surface area contributed by atoms with Crippen molar-refractivity contribution in [1.29, 1.82) is 5.41 Å². The summed E-state index contributed by atoms with van der Waals surface area (Å²) in [5, 5.41) is 12.6. The smallest absolute Gasteiger partial charge is 0.187 e. The van der Waals surface area contributed by atoms with Crippen LogP contribution in [-0.4, -0.2) is 106 Å². The van der Waals surface area contributed by atoms with Crippen LogP contribution in [0.2, 0.25) is 0 Å². The van der Waals surface area contributed by atoms with E-state index in [0.717, 1.165) is 16.7 Å². The summed E-state index contributed by atoms with van der Waals surface area (Å²) in [6.45, 7) is 11.7. The van der Waals surface area contributed by atoms with Crippen molar-refractivity contribution in [3.05, 3.63) is 118 Å². The SMILES string of the molecule is CCOC1C(OC)[C@H](OC2C(C)C(N=[N+]=[N-])[C@H](COCc3ccccc3)O[C@@H]2CC(C)=N)O[C@H](C)C1O[C@@H]1OCC(OCc2ccccc2)C(OCc2ccccc2)C1C. The minimum atomic E-state index is -0.911. The molecular weight excluding hydrogens is 769 g/mol. The van der Waals surface area contributed by atoms with Crippen molar-refractivity contribution in [3.8, 4) is 0 Å². The Balaban J connectivity index is 1.16. The number of nitrogens with one attached hydrogen (secondary N) is 1. The van der Waals surface area contributed by atoms with Crippen LogP contribution in [0.25, 0.3) is 10.4 Å². The summed E-state index contributed by atoms with van der Waals surface area (Å²) >= 11 is 0. The fourth-order valence-corrected chi connectivity index (χ4v) is 8.42. The molecule has 14 atom stereocenters. The predicted octanol–water partition coefficient (Wildman–Crippen LogP) is 7.81. The van der Waals surface area contributed by atoms with Crippen LogP contribution in [0.1, 0.15) is 57.7 Å². The van der Waals surface area contributed by atoms with Crippen LogP contribution in [0, 0.1) is 17.2 Å². The summed E-state index contributed by atoms with van der Waals surface area (Å²) in [5.74, 6) is -0.568. The first-order valence-electron chi connectivity index (χ1n) is 21.1. The van der Waals surface area contributed by atoms with E-state index in [1.54, 1.807) is 14.0 Å². The van der Waals surface area contributed by atoms with Crippen LogP contribution in [-0.2, 0) is 67.2 Å². The second-order valence-electron chi connectivity index (χ2n) is 15.9. The largest absolute Gasteiger partial charge is 0.374 e. The normalized spacial score (nSPS) is 33.2. The fraction of sp³-hybridized carbons (Fsp3) is 0.587. The summed E-state index contributed by atoms with van der Waals surface area (Å²) in [5.41, 5.74) is 13.2. The number of hydrogen-bond acceptors (Lipinski definition) is 12. The maximum Gasteiger partial charge on any atom is 0.187 e. The molecule has 3 aliphatic rings. The zero-order valence-corrected chi connectivity index (χ0v) is 35.6. The molecule has 0 amide bonds. The lowest BCUT2D eigenvalue weighted by Gasteiger charge is -2.50. The Morgan fingerprint density at radius 1 is 0.717 bits per heavy atom. The van der Waals surface area contributed by atoms with Gasteiger partial charge in [0.25, 0.3) is 0 Å². The van der Waals surface area contributed by atoms with Gasteiger partial charge in [-0.2, -0.15) is 0 Å². The number of hydrogen-bond donors (Lipinski definition) is 1. The standard InChI is InChI=1S/C46H62N4O10/c1-7-53-43-42(60-45-31(4)40(55-26-35-21-15-10-16-22-35)38(28-56-45)54-25-34-19-13-9-14-20-34)32(5)57-46(44(43)51-6)59-41-30(3)39(49-50-48)37(58-36(41)23-29(2)47)27-52-24-33-17-11-8-12-18-33/h8-22,30-32,36-47H,7,23-28H2,1-6H3/t30?,31?,32-,36-,37+,38?,39?,40?,41?,42?,43?,44?,45+,46+/m1/s1. The molecule has 3 fully saturated rings. The molecule has 0 radical (unpaired) electrons. The Morgan fingerprint density at radius 3 is 1.90 bits per heavy atom. The zero-order valence-electron chi connectivity index (χ0n) is 35.6. The highest BCUT2D eigenvalue weighted by atomic mass is 16.7. The summed E-state index contributed by atoms with van der Waals surface area (Å²) < 4.78 is 65.0. The molecule has 14 nitrogen and oxygen atoms in total. The molecular formula is C46H62N4O10. The molecule has 14 heteroatoms. The number of rotatable bonds is 20. The number of methoxy groups -OCH3 is 1. The maximum absolute atomic E-state index is 9.64. The average Bonchev–Trinajstić information content (AvgIpc) is 3.25. The molecule has 6 rings (SSSR count). The van der Waals surface area contributed by atoms with E-state index in [2.05, 4.69) is 16.9 Å². The lowest BCUT2D eigenvalue weighted by molar-refractivity contribution is -0.360. The Labute approximate surface area is 354 Å². The molecule has 0 aromatic heterocycles.